The highest BCUT2D eigenvalue weighted by Crippen LogP contribution is 2.81. The van der Waals surface area contributed by atoms with Gasteiger partial charge in [-0.3, -0.25) is 0 Å². The molecule has 0 aromatic heterocycles. The van der Waals surface area contributed by atoms with E-state index in [2.05, 4.69) is 60.7 Å². The van der Waals surface area contributed by atoms with Gasteiger partial charge in [-0.15, -0.1) is 0 Å². The summed E-state index contributed by atoms with van der Waals surface area (Å²) < 4.78 is 0. The van der Waals surface area contributed by atoms with E-state index in [1.54, 1.807) is 0 Å². The Morgan fingerprint density at radius 2 is 1.29 bits per heavy atom. The highest BCUT2D eigenvalue weighted by atomic mass is 31.2. The van der Waals surface area contributed by atoms with Gasteiger partial charge in [0.15, 0.2) is 0 Å². The lowest BCUT2D eigenvalue weighted by Gasteiger charge is -2.31. The van der Waals surface area contributed by atoms with Gasteiger partial charge in [0.1, 0.15) is 0 Å². The third kappa shape index (κ3) is 2.80. The van der Waals surface area contributed by atoms with Gasteiger partial charge in [0.2, 0.25) is 0 Å². The van der Waals surface area contributed by atoms with Gasteiger partial charge in [-0.05, 0) is 31.1 Å². The number of benzene rings is 2. The molecule has 0 amide bonds. The highest BCUT2D eigenvalue weighted by Gasteiger charge is 2.53. The van der Waals surface area contributed by atoms with Crippen molar-refractivity contribution in [1.82, 2.24) is 0 Å². The number of hydrogen-bond donors (Lipinski definition) is 1. The van der Waals surface area contributed by atoms with Crippen LogP contribution in [0.15, 0.2) is 60.7 Å². The molecule has 1 aliphatic heterocycles. The van der Waals surface area contributed by atoms with Crippen LogP contribution in [0.5, 0.6) is 0 Å². The first-order valence-electron chi connectivity index (χ1n) is 7.62. The molecule has 2 aromatic rings. The molecule has 21 heavy (non-hydrogen) atoms. The van der Waals surface area contributed by atoms with E-state index in [0.29, 0.717) is 11.3 Å². The van der Waals surface area contributed by atoms with E-state index in [4.69, 9.17) is 7.57 Å². The van der Waals surface area contributed by atoms with Crippen LogP contribution in [-0.2, 0) is 0 Å². The van der Waals surface area contributed by atoms with Gasteiger partial charge >= 0.3 is 7.57 Å². The molecule has 1 aliphatic rings. The Balaban J connectivity index is 1.97. The molecule has 1 N–H and O–H groups in total. The molecule has 0 aliphatic carbocycles. The summed E-state index contributed by atoms with van der Waals surface area (Å²) >= 11 is 0. The van der Waals surface area contributed by atoms with Crippen molar-refractivity contribution in [1.29, 1.82) is 0 Å². The van der Waals surface area contributed by atoms with Crippen molar-refractivity contribution in [3.8, 4) is 0 Å². The molecule has 106 valence electrons. The summed E-state index contributed by atoms with van der Waals surface area (Å²) in [7, 11) is 5.24. The molecule has 2 atom stereocenters. The van der Waals surface area contributed by atoms with Gasteiger partial charge in [0.05, 0.1) is 24.1 Å². The van der Waals surface area contributed by atoms with E-state index in [1.807, 2.05) is 0 Å². The Hall–Kier alpha value is -1.11. The zero-order valence-corrected chi connectivity index (χ0v) is 13.1. The zero-order valence-electron chi connectivity index (χ0n) is 12.2. The third-order valence-electron chi connectivity index (χ3n) is 4.73. The zero-order chi connectivity index (χ0) is 14.7. The van der Waals surface area contributed by atoms with Gasteiger partial charge in [0.25, 0.3) is 0 Å². The summed E-state index contributed by atoms with van der Waals surface area (Å²) in [6.07, 6.45) is 3.02. The minimum Gasteiger partial charge on any atom is -0.393 e. The normalized spacial score (nSPS) is 24.0. The molecule has 2 aromatic carbocycles. The largest absolute Gasteiger partial charge is 0.393 e. The number of aliphatic hydroxyl groups excluding tert-OH is 1. The Morgan fingerprint density at radius 1 is 0.857 bits per heavy atom. The molecular formula is C18H21BOP+. The van der Waals surface area contributed by atoms with Crippen LogP contribution in [0.25, 0.3) is 0 Å². The van der Waals surface area contributed by atoms with Crippen molar-refractivity contribution in [2.45, 2.75) is 24.2 Å². The predicted octanol–water partition coefficient (Wildman–Crippen LogP) is 4.36. The van der Waals surface area contributed by atoms with Crippen molar-refractivity contribution in [2.75, 3.05) is 12.8 Å². The maximum absolute atomic E-state index is 9.57. The molecular weight excluding hydrogens is 274 g/mol. The molecule has 1 saturated heterocycles. The van der Waals surface area contributed by atoms with Crippen molar-refractivity contribution in [3.63, 3.8) is 0 Å². The van der Waals surface area contributed by atoms with Crippen LogP contribution in [0.3, 0.4) is 0 Å². The van der Waals surface area contributed by atoms with Crippen LogP contribution in [0.2, 0.25) is 0 Å². The monoisotopic (exact) mass is 295 g/mol. The second-order valence-corrected chi connectivity index (χ2v) is 9.56. The number of rotatable bonds is 4. The van der Waals surface area contributed by atoms with Crippen molar-refractivity contribution < 1.29 is 5.11 Å². The average molecular weight is 295 g/mol. The van der Waals surface area contributed by atoms with E-state index >= 15 is 0 Å². The number of aliphatic hydroxyl groups is 1. The van der Waals surface area contributed by atoms with E-state index in [1.165, 1.54) is 11.1 Å². The maximum Gasteiger partial charge on any atom is 0.366 e. The summed E-state index contributed by atoms with van der Waals surface area (Å²) in [6.45, 7) is 0.191. The van der Waals surface area contributed by atoms with Crippen LogP contribution in [-0.4, -0.2) is 25.4 Å². The van der Waals surface area contributed by atoms with Crippen LogP contribution < -0.4 is 0 Å². The van der Waals surface area contributed by atoms with Crippen molar-refractivity contribution >= 4 is 14.7 Å². The molecule has 1 nitrogen and oxygen atoms in total. The van der Waals surface area contributed by atoms with Gasteiger partial charge in [-0.1, -0.05) is 60.7 Å². The van der Waals surface area contributed by atoms with Gasteiger partial charge in [-0.25, -0.2) is 0 Å². The summed E-state index contributed by atoms with van der Waals surface area (Å²) in [5.74, 6) is 0. The Morgan fingerprint density at radius 3 is 1.67 bits per heavy atom. The van der Waals surface area contributed by atoms with Crippen LogP contribution in [0.4, 0.5) is 0 Å². The molecule has 2 radical (unpaired) electrons. The van der Waals surface area contributed by atoms with Gasteiger partial charge in [-0.2, -0.15) is 0 Å². The summed E-state index contributed by atoms with van der Waals surface area (Å²) in [5.41, 5.74) is 3.55. The molecule has 3 rings (SSSR count). The SMILES string of the molecule is [B][P+]1(CCO)[C@@H](c2ccccc2)CC[C@@H]1c1ccccc1. The van der Waals surface area contributed by atoms with Crippen LogP contribution in [0.1, 0.15) is 35.3 Å². The molecule has 0 spiro atoms. The lowest BCUT2D eigenvalue weighted by atomic mass is 10.0. The highest BCUT2D eigenvalue weighted by molar-refractivity contribution is 7.98. The topological polar surface area (TPSA) is 20.2 Å². The Labute approximate surface area is 129 Å². The summed E-state index contributed by atoms with van der Waals surface area (Å²) in [5, 5.41) is 9.57. The number of hydrogen-bond acceptors (Lipinski definition) is 1. The first-order valence-corrected chi connectivity index (χ1v) is 9.80. The standard InChI is InChI=1S/C18H21BOP/c19-21(14-13-20)17(15-7-3-1-4-8-15)11-12-18(21)16-9-5-2-6-10-16/h1-10,17-18,20H,11-14H2/q+1/t17-,18-/m1/s1. The van der Waals surface area contributed by atoms with E-state index in [-0.39, 0.29) is 6.61 Å². The quantitative estimate of drug-likeness (QED) is 0.656. The third-order valence-corrected chi connectivity index (χ3v) is 9.14. The molecule has 1 fully saturated rings. The fourth-order valence-corrected chi connectivity index (χ4v) is 7.86. The van der Waals surface area contributed by atoms with Gasteiger partial charge in [0, 0.05) is 0 Å². The molecule has 1 heterocycles. The second kappa shape index (κ2) is 6.34. The molecule has 0 unspecified atom stereocenters. The van der Waals surface area contributed by atoms with Crippen molar-refractivity contribution in [2.24, 2.45) is 0 Å². The lowest BCUT2D eigenvalue weighted by Crippen LogP contribution is -2.12. The molecule has 0 bridgehead atoms. The van der Waals surface area contributed by atoms with Crippen LogP contribution in [0, 0.1) is 0 Å². The Bertz CT molecular complexity index is 525. The van der Waals surface area contributed by atoms with E-state index in [0.717, 1.165) is 19.0 Å². The first kappa shape index (κ1) is 14.8. The second-order valence-electron chi connectivity index (χ2n) is 5.87. The van der Waals surface area contributed by atoms with Gasteiger partial charge < -0.3 is 5.11 Å². The minimum atomic E-state index is -1.73. The smallest absolute Gasteiger partial charge is 0.366 e. The van der Waals surface area contributed by atoms with Crippen molar-refractivity contribution in [3.05, 3.63) is 71.8 Å². The van der Waals surface area contributed by atoms with E-state index in [9.17, 15) is 5.11 Å². The first-order chi connectivity index (χ1) is 10.3. The maximum atomic E-state index is 9.57. The predicted molar refractivity (Wildman–Crippen MR) is 92.2 cm³/mol. The van der Waals surface area contributed by atoms with E-state index < -0.39 is 7.14 Å². The molecule has 0 saturated carbocycles. The summed E-state index contributed by atoms with van der Waals surface area (Å²) in [6, 6.07) is 21.2. The minimum absolute atomic E-state index is 0.191. The molecule has 3 heteroatoms. The summed E-state index contributed by atoms with van der Waals surface area (Å²) in [4.78, 5) is 0. The fraction of sp³-hybridized carbons (Fsp3) is 0.333. The lowest BCUT2D eigenvalue weighted by molar-refractivity contribution is 0.321. The average Bonchev–Trinajstić information content (AvgIpc) is 2.86. The Kier molecular flexibility index (Phi) is 4.47. The van der Waals surface area contributed by atoms with Crippen LogP contribution >= 0.6 is 7.14 Å². The fourth-order valence-electron chi connectivity index (χ4n) is 3.74.